The fourth-order valence-electron chi connectivity index (χ4n) is 6.64. The van der Waals surface area contributed by atoms with E-state index in [1.807, 2.05) is 12.1 Å². The molecule has 9 heteroatoms. The Kier molecular flexibility index (Phi) is 5.49. The van der Waals surface area contributed by atoms with Crippen molar-refractivity contribution in [3.63, 3.8) is 0 Å². The van der Waals surface area contributed by atoms with Crippen LogP contribution in [0.5, 0.6) is 11.5 Å². The first-order valence-electron chi connectivity index (χ1n) is 14.4. The zero-order chi connectivity index (χ0) is 28.6. The van der Waals surface area contributed by atoms with Crippen molar-refractivity contribution in [2.45, 2.75) is 44.9 Å². The number of ether oxygens (including phenoxy) is 3. The summed E-state index contributed by atoms with van der Waals surface area (Å²) in [5.74, 6) is 0.533. The smallest absolute Gasteiger partial charge is 0.343 e. The maximum atomic E-state index is 13.7. The Labute approximate surface area is 241 Å². The maximum Gasteiger partial charge on any atom is 0.343 e. The van der Waals surface area contributed by atoms with E-state index < -0.39 is 11.6 Å². The number of rotatable bonds is 4. The van der Waals surface area contributed by atoms with Crippen LogP contribution >= 0.6 is 0 Å². The summed E-state index contributed by atoms with van der Waals surface area (Å²) in [5, 5.41) is 12.1. The molecular weight excluding hydrogens is 534 g/mol. The van der Waals surface area contributed by atoms with Crippen LogP contribution in [0.4, 0.5) is 5.69 Å². The summed E-state index contributed by atoms with van der Waals surface area (Å²) in [4.78, 5) is 33.7. The molecule has 0 aliphatic carbocycles. The lowest BCUT2D eigenvalue weighted by Gasteiger charge is -2.31. The number of esters is 1. The number of carbonyl (C=O) groups excluding carboxylic acids is 1. The lowest BCUT2D eigenvalue weighted by atomic mass is 9.86. The molecule has 0 saturated carbocycles. The third kappa shape index (κ3) is 3.62. The molecular formula is C33H29N3O6. The number of hydrogen-bond acceptors (Lipinski definition) is 8. The van der Waals surface area contributed by atoms with E-state index in [0.29, 0.717) is 46.1 Å². The zero-order valence-corrected chi connectivity index (χ0v) is 23.2. The third-order valence-corrected chi connectivity index (χ3v) is 9.03. The van der Waals surface area contributed by atoms with E-state index in [-0.39, 0.29) is 25.4 Å². The molecule has 0 radical (unpaired) electrons. The molecule has 2 aromatic carbocycles. The molecule has 0 unspecified atom stereocenters. The van der Waals surface area contributed by atoms with Gasteiger partial charge in [-0.1, -0.05) is 31.2 Å². The van der Waals surface area contributed by atoms with Crippen molar-refractivity contribution in [2.24, 2.45) is 0 Å². The molecule has 0 spiro atoms. The molecule has 4 aliphatic rings. The lowest BCUT2D eigenvalue weighted by molar-refractivity contribution is -0.172. The minimum absolute atomic E-state index is 0.0910. The largest absolute Gasteiger partial charge is 0.458 e. The molecule has 0 bridgehead atoms. The Morgan fingerprint density at radius 2 is 1.74 bits per heavy atom. The summed E-state index contributed by atoms with van der Waals surface area (Å²) in [6, 6.07) is 14.1. The highest BCUT2D eigenvalue weighted by atomic mass is 16.7. The van der Waals surface area contributed by atoms with Crippen molar-refractivity contribution in [3.05, 3.63) is 80.6 Å². The first kappa shape index (κ1) is 25.1. The van der Waals surface area contributed by atoms with Crippen molar-refractivity contribution in [1.82, 2.24) is 9.55 Å². The number of cyclic esters (lactones) is 1. The quantitative estimate of drug-likeness (QED) is 0.317. The average molecular weight is 564 g/mol. The van der Waals surface area contributed by atoms with Gasteiger partial charge in [0.05, 0.1) is 29.0 Å². The summed E-state index contributed by atoms with van der Waals surface area (Å²) in [7, 11) is 0. The molecule has 8 rings (SSSR count). The van der Waals surface area contributed by atoms with Gasteiger partial charge in [0.15, 0.2) is 17.1 Å². The Morgan fingerprint density at radius 1 is 0.976 bits per heavy atom. The average Bonchev–Trinajstić information content (AvgIpc) is 3.78. The maximum absolute atomic E-state index is 13.7. The number of nitrogens with zero attached hydrogens (tertiary/aromatic N) is 3. The Morgan fingerprint density at radius 3 is 2.50 bits per heavy atom. The van der Waals surface area contributed by atoms with Crippen LogP contribution < -0.4 is 19.9 Å². The summed E-state index contributed by atoms with van der Waals surface area (Å²) in [6.07, 6.45) is 6.70. The van der Waals surface area contributed by atoms with Crippen LogP contribution in [-0.2, 0) is 28.3 Å². The van der Waals surface area contributed by atoms with Gasteiger partial charge in [-0.3, -0.25) is 4.79 Å². The second kappa shape index (κ2) is 9.19. The second-order valence-corrected chi connectivity index (χ2v) is 11.3. The first-order chi connectivity index (χ1) is 20.4. The number of anilines is 1. The van der Waals surface area contributed by atoms with Gasteiger partial charge < -0.3 is 28.8 Å². The first-order valence-corrected chi connectivity index (χ1v) is 14.4. The number of fused-ring (bicyclic) bond motifs is 6. The predicted molar refractivity (Wildman–Crippen MR) is 157 cm³/mol. The van der Waals surface area contributed by atoms with Crippen molar-refractivity contribution >= 4 is 34.7 Å². The zero-order valence-electron chi connectivity index (χ0n) is 23.2. The van der Waals surface area contributed by atoms with Crippen LogP contribution in [0.3, 0.4) is 0 Å². The predicted octanol–water partition coefficient (Wildman–Crippen LogP) is 4.58. The molecule has 4 aliphatic heterocycles. The highest BCUT2D eigenvalue weighted by Gasteiger charge is 2.45. The van der Waals surface area contributed by atoms with Crippen molar-refractivity contribution in [3.8, 4) is 22.9 Å². The molecule has 1 fully saturated rings. The summed E-state index contributed by atoms with van der Waals surface area (Å²) < 4.78 is 18.2. The summed E-state index contributed by atoms with van der Waals surface area (Å²) in [5.41, 5.74) is 4.46. The number of aromatic nitrogens is 2. The Hall–Kier alpha value is -4.63. The van der Waals surface area contributed by atoms with Gasteiger partial charge in [-0.15, -0.1) is 0 Å². The SMILES string of the molecule is CC[C@@]1(O)C(=O)OCc2c1cc1n(c2=O)Cc2c-1nc1cc3c(cc1c2/C=C/c1ccc(N2CCCC2)cc1)OCO3. The highest BCUT2D eigenvalue weighted by Crippen LogP contribution is 2.43. The van der Waals surface area contributed by atoms with E-state index in [0.717, 1.165) is 35.2 Å². The van der Waals surface area contributed by atoms with Crippen LogP contribution in [0, 0.1) is 0 Å². The van der Waals surface area contributed by atoms with Gasteiger partial charge in [0.1, 0.15) is 6.61 Å². The van der Waals surface area contributed by atoms with Crippen molar-refractivity contribution in [2.75, 3.05) is 24.8 Å². The van der Waals surface area contributed by atoms with E-state index in [1.165, 1.54) is 18.5 Å². The molecule has 42 heavy (non-hydrogen) atoms. The van der Waals surface area contributed by atoms with Crippen LogP contribution in [0.1, 0.15) is 54.0 Å². The van der Waals surface area contributed by atoms with E-state index in [1.54, 1.807) is 17.6 Å². The molecule has 0 amide bonds. The van der Waals surface area contributed by atoms with Crippen LogP contribution in [0.25, 0.3) is 34.4 Å². The molecule has 4 aromatic rings. The Balaban J connectivity index is 1.29. The monoisotopic (exact) mass is 563 g/mol. The van der Waals surface area contributed by atoms with Crippen LogP contribution in [-0.4, -0.2) is 40.5 Å². The standard InChI is InChI=1S/C33H29N3O6/c1-2-33(39)25-14-27-30-23(16-36(27)31(37)24(25)17-40-32(33)38)21(22-13-28-29(42-18-41-28)15-26(22)34-30)10-7-19-5-8-20(9-6-19)35-11-3-4-12-35/h5-10,13-15,39H,2-4,11-12,16-18H2,1H3/b10-7+/t33-/m0/s1. The molecule has 1 atom stereocenters. The van der Waals surface area contributed by atoms with E-state index in [2.05, 4.69) is 41.3 Å². The summed E-state index contributed by atoms with van der Waals surface area (Å²) in [6.45, 7) is 4.18. The van der Waals surface area contributed by atoms with Crippen LogP contribution in [0.2, 0.25) is 0 Å². The minimum Gasteiger partial charge on any atom is -0.458 e. The molecule has 212 valence electrons. The van der Waals surface area contributed by atoms with Crippen molar-refractivity contribution < 1.29 is 24.1 Å². The summed E-state index contributed by atoms with van der Waals surface area (Å²) >= 11 is 0. The highest BCUT2D eigenvalue weighted by molar-refractivity contribution is 5.97. The number of hydrogen-bond donors (Lipinski definition) is 1. The number of pyridine rings is 2. The molecule has 6 heterocycles. The van der Waals surface area contributed by atoms with Gasteiger partial charge >= 0.3 is 5.97 Å². The van der Waals surface area contributed by atoms with Gasteiger partial charge in [-0.2, -0.15) is 0 Å². The van der Waals surface area contributed by atoms with E-state index in [9.17, 15) is 14.7 Å². The van der Waals surface area contributed by atoms with Gasteiger partial charge in [0, 0.05) is 41.4 Å². The van der Waals surface area contributed by atoms with E-state index in [4.69, 9.17) is 19.2 Å². The number of carbonyl (C=O) groups is 1. The molecule has 1 N–H and O–H groups in total. The normalized spacial score (nSPS) is 20.2. The van der Waals surface area contributed by atoms with Gasteiger partial charge in [-0.25, -0.2) is 9.78 Å². The number of benzene rings is 2. The number of aliphatic hydroxyl groups is 1. The Bertz CT molecular complexity index is 1890. The fourth-order valence-corrected chi connectivity index (χ4v) is 6.64. The van der Waals surface area contributed by atoms with E-state index >= 15 is 0 Å². The van der Waals surface area contributed by atoms with Crippen LogP contribution in [0.15, 0.2) is 47.3 Å². The van der Waals surface area contributed by atoms with Gasteiger partial charge in [-0.05, 0) is 54.7 Å². The molecule has 9 nitrogen and oxygen atoms in total. The topological polar surface area (TPSA) is 103 Å². The van der Waals surface area contributed by atoms with Gasteiger partial charge in [0.2, 0.25) is 6.79 Å². The molecule has 1 saturated heterocycles. The van der Waals surface area contributed by atoms with Crippen molar-refractivity contribution in [1.29, 1.82) is 0 Å². The second-order valence-electron chi connectivity index (χ2n) is 11.3. The third-order valence-electron chi connectivity index (χ3n) is 9.03. The lowest BCUT2D eigenvalue weighted by Crippen LogP contribution is -2.44. The molecule has 2 aromatic heterocycles. The fraction of sp³-hybridized carbons (Fsp3) is 0.303. The van der Waals surface area contributed by atoms with Gasteiger partial charge in [0.25, 0.3) is 5.56 Å². The minimum atomic E-state index is -1.88.